The Bertz CT molecular complexity index is 1620. The summed E-state index contributed by atoms with van der Waals surface area (Å²) in [5.74, 6) is 21.7. The molecule has 0 fully saturated rings. The molecule has 0 aliphatic rings. The molecule has 2 atom stereocenters. The van der Waals surface area contributed by atoms with E-state index in [2.05, 4.69) is 10.2 Å². The molecule has 0 aromatic heterocycles. The highest BCUT2D eigenvalue weighted by Crippen LogP contribution is 2.33. The summed E-state index contributed by atoms with van der Waals surface area (Å²) in [6, 6.07) is 16.9. The molecular weight excluding hydrogens is 620 g/mol. The molecule has 0 spiro atoms. The number of Topliss-reactive ketones (excluding diaryl/α,β-unsaturated/α-hetero) is 1. The number of ether oxygens (including phenoxy) is 2. The van der Waals surface area contributed by atoms with E-state index in [4.69, 9.17) is 32.9 Å². The van der Waals surface area contributed by atoms with Crippen molar-refractivity contribution in [2.45, 2.75) is 52.1 Å². The van der Waals surface area contributed by atoms with Crippen molar-refractivity contribution < 1.29 is 33.5 Å². The first-order valence-corrected chi connectivity index (χ1v) is 14.9. The molecule has 0 radical (unpaired) electrons. The number of anilines is 3. The van der Waals surface area contributed by atoms with Crippen LogP contribution in [0.2, 0.25) is 0 Å². The molecule has 0 aliphatic carbocycles. The Morgan fingerprint density at radius 2 is 1.48 bits per heavy atom. The lowest BCUT2D eigenvalue weighted by Gasteiger charge is -2.31. The highest BCUT2D eigenvalue weighted by atomic mass is 16.7. The fourth-order valence-electron chi connectivity index (χ4n) is 4.97. The van der Waals surface area contributed by atoms with E-state index >= 15 is 0 Å². The lowest BCUT2D eigenvalue weighted by atomic mass is 9.90. The number of methoxy groups -OCH3 is 2. The molecule has 2 unspecified atom stereocenters. The molecule has 15 nitrogen and oxygen atoms in total. The number of hydrazine groups is 3. The van der Waals surface area contributed by atoms with E-state index in [1.807, 2.05) is 19.1 Å². The molecule has 3 aromatic rings. The fraction of sp³-hybridized carbons (Fsp3) is 0.333. The molecular formula is C33H44N8O7. The molecule has 0 bridgehead atoms. The zero-order valence-electron chi connectivity index (χ0n) is 27.9. The summed E-state index contributed by atoms with van der Waals surface area (Å²) >= 11 is 0. The Labute approximate surface area is 279 Å². The maximum absolute atomic E-state index is 13.5. The number of aryl methyl sites for hydroxylation is 1. The molecule has 3 aromatic carbocycles. The molecule has 15 heteroatoms. The first kappa shape index (κ1) is 37.2. The van der Waals surface area contributed by atoms with Gasteiger partial charge in [0.1, 0.15) is 0 Å². The highest BCUT2D eigenvalue weighted by Gasteiger charge is 2.34. The average molecular weight is 665 g/mol. The number of ketones is 1. The smallest absolute Gasteiger partial charge is 0.357 e. The Morgan fingerprint density at radius 1 is 0.854 bits per heavy atom. The number of nitrogens with two attached hydrogens (primary N) is 4. The van der Waals surface area contributed by atoms with Crippen molar-refractivity contribution in [3.8, 4) is 11.5 Å². The summed E-state index contributed by atoms with van der Waals surface area (Å²) in [6.45, 7) is 6.76. The SMILES string of the molecule is COc1ccc(C(CC(=O)ON)N(N)C(=O)C(C)CC(=O)C(C)(C)Nc2ccc(N(N)C(=O)N(N)c3ccccc3C)cc2)cc1OC. The van der Waals surface area contributed by atoms with Gasteiger partial charge in [-0.1, -0.05) is 31.2 Å². The number of amides is 3. The summed E-state index contributed by atoms with van der Waals surface area (Å²) in [6.07, 6.45) is -0.514. The van der Waals surface area contributed by atoms with Crippen LogP contribution in [-0.4, -0.2) is 48.5 Å². The van der Waals surface area contributed by atoms with Crippen LogP contribution in [0.5, 0.6) is 11.5 Å². The summed E-state index contributed by atoms with van der Waals surface area (Å²) < 4.78 is 10.6. The van der Waals surface area contributed by atoms with Gasteiger partial charge in [-0.25, -0.2) is 32.3 Å². The lowest BCUT2D eigenvalue weighted by Crippen LogP contribution is -2.51. The molecule has 3 amide bonds. The predicted molar refractivity (Wildman–Crippen MR) is 181 cm³/mol. The summed E-state index contributed by atoms with van der Waals surface area (Å²) in [5.41, 5.74) is 1.59. The van der Waals surface area contributed by atoms with Crippen LogP contribution in [0.1, 0.15) is 50.8 Å². The molecule has 0 saturated heterocycles. The standard InChI is InChI=1S/C33H44N8O7/c1-20-9-7-8-10-25(20)41(36)32(45)39(34)24-14-12-23(13-15-24)38-33(3,4)29(42)17-21(2)31(44)40(35)26(19-30(43)48-37)22-11-16-27(46-5)28(18-22)47-6/h7-16,18,21,26,38H,17,19,34-37H2,1-6H3. The number of nitrogens with one attached hydrogen (secondary N) is 1. The van der Waals surface area contributed by atoms with Gasteiger partial charge in [0, 0.05) is 18.0 Å². The Hall–Kier alpha value is -5.22. The second kappa shape index (κ2) is 16.1. The molecule has 9 N–H and O–H groups in total. The minimum atomic E-state index is -1.11. The van der Waals surface area contributed by atoms with Gasteiger partial charge in [-0.15, -0.1) is 0 Å². The lowest BCUT2D eigenvalue weighted by molar-refractivity contribution is -0.148. The van der Waals surface area contributed by atoms with Crippen molar-refractivity contribution in [3.05, 3.63) is 77.9 Å². The second-order valence-corrected chi connectivity index (χ2v) is 11.7. The van der Waals surface area contributed by atoms with E-state index in [0.29, 0.717) is 34.1 Å². The molecule has 0 saturated carbocycles. The normalized spacial score (nSPS) is 12.3. The summed E-state index contributed by atoms with van der Waals surface area (Å²) in [4.78, 5) is 56.3. The molecule has 0 aliphatic heterocycles. The number of hydrogen-bond donors (Lipinski definition) is 5. The van der Waals surface area contributed by atoms with E-state index < -0.39 is 35.4 Å². The van der Waals surface area contributed by atoms with Gasteiger partial charge in [-0.3, -0.25) is 19.4 Å². The third-order valence-electron chi connectivity index (χ3n) is 7.87. The number of carbonyl (C=O) groups is 4. The number of rotatable bonds is 14. The van der Waals surface area contributed by atoms with Crippen LogP contribution >= 0.6 is 0 Å². The Balaban J connectivity index is 1.69. The van der Waals surface area contributed by atoms with Gasteiger partial charge in [0.15, 0.2) is 17.3 Å². The van der Waals surface area contributed by atoms with Gasteiger partial charge < -0.3 is 19.6 Å². The number of nitrogens with zero attached hydrogens (tertiary/aromatic N) is 3. The Kier molecular flexibility index (Phi) is 12.5. The predicted octanol–water partition coefficient (Wildman–Crippen LogP) is 3.23. The van der Waals surface area contributed by atoms with E-state index in [1.54, 1.807) is 75.4 Å². The van der Waals surface area contributed by atoms with Crippen LogP contribution in [-0.2, 0) is 19.2 Å². The van der Waals surface area contributed by atoms with Crippen molar-refractivity contribution in [2.24, 2.45) is 29.3 Å². The number of benzene rings is 3. The van der Waals surface area contributed by atoms with Crippen LogP contribution in [0, 0.1) is 12.8 Å². The third kappa shape index (κ3) is 8.77. The van der Waals surface area contributed by atoms with Gasteiger partial charge in [0.25, 0.3) is 0 Å². The van der Waals surface area contributed by atoms with E-state index in [9.17, 15) is 19.2 Å². The van der Waals surface area contributed by atoms with Crippen LogP contribution in [0.15, 0.2) is 66.7 Å². The third-order valence-corrected chi connectivity index (χ3v) is 7.87. The molecule has 48 heavy (non-hydrogen) atoms. The van der Waals surface area contributed by atoms with Crippen LogP contribution in [0.4, 0.5) is 21.9 Å². The van der Waals surface area contributed by atoms with Crippen LogP contribution < -0.4 is 48.2 Å². The van der Waals surface area contributed by atoms with E-state index in [0.717, 1.165) is 20.6 Å². The molecule has 0 heterocycles. The van der Waals surface area contributed by atoms with Gasteiger partial charge in [0.2, 0.25) is 5.91 Å². The van der Waals surface area contributed by atoms with Crippen molar-refractivity contribution in [3.63, 3.8) is 0 Å². The molecule has 3 rings (SSSR count). The van der Waals surface area contributed by atoms with Crippen molar-refractivity contribution in [2.75, 3.05) is 29.6 Å². The maximum Gasteiger partial charge on any atom is 0.357 e. The monoisotopic (exact) mass is 664 g/mol. The van der Waals surface area contributed by atoms with Crippen molar-refractivity contribution >= 4 is 40.8 Å². The average Bonchev–Trinajstić information content (AvgIpc) is 3.08. The first-order chi connectivity index (χ1) is 22.6. The van der Waals surface area contributed by atoms with Crippen molar-refractivity contribution in [1.29, 1.82) is 0 Å². The van der Waals surface area contributed by atoms with Crippen LogP contribution in [0.3, 0.4) is 0 Å². The van der Waals surface area contributed by atoms with E-state index in [-0.39, 0.29) is 18.6 Å². The number of urea groups is 1. The second-order valence-electron chi connectivity index (χ2n) is 11.7. The van der Waals surface area contributed by atoms with Crippen molar-refractivity contribution in [1.82, 2.24) is 5.01 Å². The highest BCUT2D eigenvalue weighted by molar-refractivity contribution is 6.02. The summed E-state index contributed by atoms with van der Waals surface area (Å²) in [7, 11) is 2.92. The first-order valence-electron chi connectivity index (χ1n) is 14.9. The zero-order chi connectivity index (χ0) is 35.8. The number of para-hydroxylation sites is 1. The largest absolute Gasteiger partial charge is 0.493 e. The zero-order valence-corrected chi connectivity index (χ0v) is 27.9. The van der Waals surface area contributed by atoms with Gasteiger partial charge in [-0.2, -0.15) is 5.90 Å². The number of hydrogen-bond acceptors (Lipinski definition) is 12. The number of carbonyl (C=O) groups excluding carboxylic acids is 4. The fourth-order valence-corrected chi connectivity index (χ4v) is 4.97. The van der Waals surface area contributed by atoms with Crippen LogP contribution in [0.25, 0.3) is 0 Å². The summed E-state index contributed by atoms with van der Waals surface area (Å²) in [5, 5.41) is 5.95. The minimum absolute atomic E-state index is 0.166. The minimum Gasteiger partial charge on any atom is -0.493 e. The quantitative estimate of drug-likeness (QED) is 0.0952. The maximum atomic E-state index is 13.5. The van der Waals surface area contributed by atoms with Gasteiger partial charge in [-0.05, 0) is 74.4 Å². The van der Waals surface area contributed by atoms with Gasteiger partial charge >= 0.3 is 12.0 Å². The van der Waals surface area contributed by atoms with E-state index in [1.165, 1.54) is 14.2 Å². The molecule has 258 valence electrons. The Morgan fingerprint density at radius 3 is 2.06 bits per heavy atom. The van der Waals surface area contributed by atoms with Gasteiger partial charge in [0.05, 0.1) is 43.6 Å². The topological polar surface area (TPSA) is 222 Å².